The molecule has 2 aliphatic heterocycles. The Morgan fingerprint density at radius 2 is 0.733 bits per heavy atom. The van der Waals surface area contributed by atoms with E-state index in [2.05, 4.69) is 121 Å². The first-order chi connectivity index (χ1) is 12.0. The summed E-state index contributed by atoms with van der Waals surface area (Å²) in [4.78, 5) is 5.34. The molecule has 0 aromatic carbocycles. The van der Waals surface area contributed by atoms with E-state index < -0.39 is 0 Å². The fourth-order valence-corrected chi connectivity index (χ4v) is 7.53. The van der Waals surface area contributed by atoms with Gasteiger partial charge in [0.2, 0.25) is 0 Å². The Bertz CT molecular complexity index is 507. The third kappa shape index (κ3) is 5.28. The van der Waals surface area contributed by atoms with Crippen LogP contribution in [0.3, 0.4) is 0 Å². The van der Waals surface area contributed by atoms with E-state index in [1.165, 1.54) is 12.8 Å². The molecule has 2 heteroatoms. The lowest BCUT2D eigenvalue weighted by atomic mass is 9.53. The summed E-state index contributed by atoms with van der Waals surface area (Å²) in [6.45, 7) is 38.0. The number of nitrogens with zero attached hydrogens (tertiary/aromatic N) is 2. The highest BCUT2D eigenvalue weighted by Crippen LogP contribution is 2.57. The average molecular weight is 427 g/mol. The van der Waals surface area contributed by atoms with Crippen LogP contribution in [0.1, 0.15) is 138 Å². The Labute approximate surface area is 193 Å². The first-order valence-electron chi connectivity index (χ1n) is 11.6. The molecule has 0 saturated carbocycles. The van der Waals surface area contributed by atoms with Crippen molar-refractivity contribution in [2.24, 2.45) is 10.8 Å². The van der Waals surface area contributed by atoms with Gasteiger partial charge in [0, 0.05) is 34.2 Å². The summed E-state index contributed by atoms with van der Waals surface area (Å²) in [7, 11) is 0. The Morgan fingerprint density at radius 3 is 0.900 bits per heavy atom. The van der Waals surface area contributed by atoms with Gasteiger partial charge in [0.15, 0.2) is 0 Å². The molecule has 0 unspecified atom stereocenters. The molecule has 0 atom stereocenters. The molecule has 2 rings (SSSR count). The summed E-state index contributed by atoms with van der Waals surface area (Å²) in [5.41, 5.74) is 2.02. The molecule has 2 aliphatic rings. The first kappa shape index (κ1) is 32.1. The van der Waals surface area contributed by atoms with Gasteiger partial charge >= 0.3 is 0 Å². The fourth-order valence-electron chi connectivity index (χ4n) is 7.53. The smallest absolute Gasteiger partial charge is 0.0212 e. The summed E-state index contributed by atoms with van der Waals surface area (Å²) in [6, 6.07) is 1.26. The maximum atomic E-state index is 2.74. The standard InChI is InChI=1S/C16H33N.C10H21N.2CH4/c1-12(2)17-15(7,8)13(3,4)11-14(5,6)16(17,9)10;1-8(2)11-9(3,4)7-10(11,5)6;;/h12H,11H2,1-10H3;8H,7H2,1-6H3;2*1H4. The van der Waals surface area contributed by atoms with E-state index >= 15 is 0 Å². The minimum atomic E-state index is 0. The summed E-state index contributed by atoms with van der Waals surface area (Å²) in [5, 5.41) is 0. The molecule has 0 radical (unpaired) electrons. The van der Waals surface area contributed by atoms with Crippen LogP contribution in [-0.2, 0) is 0 Å². The van der Waals surface area contributed by atoms with Gasteiger partial charge in [-0.25, -0.2) is 0 Å². The Balaban J connectivity index is 0. The van der Waals surface area contributed by atoms with Crippen molar-refractivity contribution in [2.75, 3.05) is 0 Å². The molecular formula is C28H62N2. The number of hydrogen-bond donors (Lipinski definition) is 0. The monoisotopic (exact) mass is 426 g/mol. The summed E-state index contributed by atoms with van der Waals surface area (Å²) >= 11 is 0. The Morgan fingerprint density at radius 1 is 0.467 bits per heavy atom. The lowest BCUT2D eigenvalue weighted by Crippen LogP contribution is -2.73. The van der Waals surface area contributed by atoms with Crippen molar-refractivity contribution in [1.82, 2.24) is 9.80 Å². The van der Waals surface area contributed by atoms with Crippen molar-refractivity contribution in [3.05, 3.63) is 0 Å². The zero-order valence-electron chi connectivity index (χ0n) is 22.5. The molecule has 0 aromatic rings. The number of piperidine rings is 1. The quantitative estimate of drug-likeness (QED) is 0.436. The van der Waals surface area contributed by atoms with Crippen molar-refractivity contribution in [3.63, 3.8) is 0 Å². The second kappa shape index (κ2) is 9.05. The fraction of sp³-hybridized carbons (Fsp3) is 1.00. The summed E-state index contributed by atoms with van der Waals surface area (Å²) < 4.78 is 0. The zero-order chi connectivity index (χ0) is 22.7. The number of hydrogen-bond acceptors (Lipinski definition) is 2. The van der Waals surface area contributed by atoms with E-state index in [0.29, 0.717) is 34.0 Å². The van der Waals surface area contributed by atoms with Crippen LogP contribution in [-0.4, -0.2) is 44.0 Å². The van der Waals surface area contributed by atoms with Crippen LogP contribution in [0.5, 0.6) is 0 Å². The van der Waals surface area contributed by atoms with E-state index in [-0.39, 0.29) is 25.9 Å². The van der Waals surface area contributed by atoms with Gasteiger partial charge in [0.1, 0.15) is 0 Å². The molecule has 0 bridgehead atoms. The van der Waals surface area contributed by atoms with Crippen LogP contribution in [0, 0.1) is 10.8 Å². The molecular weight excluding hydrogens is 364 g/mol. The lowest BCUT2D eigenvalue weighted by molar-refractivity contribution is -0.181. The predicted octanol–water partition coefficient (Wildman–Crippen LogP) is 8.64. The van der Waals surface area contributed by atoms with E-state index in [9.17, 15) is 0 Å². The second-order valence-electron chi connectivity index (χ2n) is 13.8. The molecule has 184 valence electrons. The van der Waals surface area contributed by atoms with Crippen molar-refractivity contribution in [3.8, 4) is 0 Å². The third-order valence-corrected chi connectivity index (χ3v) is 8.60. The summed E-state index contributed by atoms with van der Waals surface area (Å²) in [5.74, 6) is 0. The van der Waals surface area contributed by atoms with Gasteiger partial charge in [-0.05, 0) is 107 Å². The van der Waals surface area contributed by atoms with Crippen LogP contribution in [0.15, 0.2) is 0 Å². The van der Waals surface area contributed by atoms with Gasteiger partial charge in [-0.1, -0.05) is 42.5 Å². The lowest BCUT2D eigenvalue weighted by Gasteiger charge is -2.68. The molecule has 0 amide bonds. The normalized spacial score (nSPS) is 27.8. The molecule has 2 heterocycles. The topological polar surface area (TPSA) is 6.48 Å². The SMILES string of the molecule is C.C.CC(C)N1C(C)(C)C(C)(C)CC(C)(C)C1(C)C.CC(C)N1C(C)(C)CC1(C)C. The number of likely N-dealkylation sites (tertiary alicyclic amines) is 2. The number of rotatable bonds is 2. The van der Waals surface area contributed by atoms with Crippen molar-refractivity contribution in [2.45, 2.75) is 173 Å². The zero-order valence-corrected chi connectivity index (χ0v) is 22.5. The van der Waals surface area contributed by atoms with E-state index in [0.717, 1.165) is 0 Å². The molecule has 0 aromatic heterocycles. The minimum Gasteiger partial charge on any atom is -0.291 e. The van der Waals surface area contributed by atoms with Gasteiger partial charge < -0.3 is 0 Å². The van der Waals surface area contributed by atoms with Crippen LogP contribution in [0.4, 0.5) is 0 Å². The van der Waals surface area contributed by atoms with Crippen LogP contribution in [0.25, 0.3) is 0 Å². The highest BCUT2D eigenvalue weighted by Gasteiger charge is 2.59. The second-order valence-corrected chi connectivity index (χ2v) is 13.8. The highest BCUT2D eigenvalue weighted by molar-refractivity contribution is 5.13. The third-order valence-electron chi connectivity index (χ3n) is 8.60. The Hall–Kier alpha value is -0.0800. The van der Waals surface area contributed by atoms with Gasteiger partial charge in [-0.15, -0.1) is 0 Å². The van der Waals surface area contributed by atoms with Crippen molar-refractivity contribution >= 4 is 0 Å². The van der Waals surface area contributed by atoms with E-state index in [1.54, 1.807) is 0 Å². The molecule has 0 N–H and O–H groups in total. The van der Waals surface area contributed by atoms with Crippen LogP contribution < -0.4 is 0 Å². The van der Waals surface area contributed by atoms with E-state index in [1.807, 2.05) is 0 Å². The molecule has 2 nitrogen and oxygen atoms in total. The molecule has 0 spiro atoms. The highest BCUT2D eigenvalue weighted by atomic mass is 15.3. The van der Waals surface area contributed by atoms with Gasteiger partial charge in [0.25, 0.3) is 0 Å². The van der Waals surface area contributed by atoms with Crippen LogP contribution in [0.2, 0.25) is 0 Å². The molecule has 0 aliphatic carbocycles. The maximum Gasteiger partial charge on any atom is 0.0212 e. The first-order valence-corrected chi connectivity index (χ1v) is 11.6. The predicted molar refractivity (Wildman–Crippen MR) is 141 cm³/mol. The van der Waals surface area contributed by atoms with Gasteiger partial charge in [-0.3, -0.25) is 9.80 Å². The van der Waals surface area contributed by atoms with Crippen molar-refractivity contribution in [1.29, 1.82) is 0 Å². The average Bonchev–Trinajstić information content (AvgIpc) is 2.30. The van der Waals surface area contributed by atoms with Crippen LogP contribution >= 0.6 is 0 Å². The molecule has 2 saturated heterocycles. The molecule has 30 heavy (non-hydrogen) atoms. The summed E-state index contributed by atoms with van der Waals surface area (Å²) in [6.07, 6.45) is 2.60. The van der Waals surface area contributed by atoms with E-state index in [4.69, 9.17) is 0 Å². The van der Waals surface area contributed by atoms with Gasteiger partial charge in [0.05, 0.1) is 0 Å². The largest absolute Gasteiger partial charge is 0.291 e. The minimum absolute atomic E-state index is 0. The van der Waals surface area contributed by atoms with Crippen molar-refractivity contribution < 1.29 is 0 Å². The van der Waals surface area contributed by atoms with Gasteiger partial charge in [-0.2, -0.15) is 0 Å². The maximum absolute atomic E-state index is 2.74. The molecule has 2 fully saturated rings. The Kier molecular flexibility index (Phi) is 9.68.